The molecule has 2 aromatic heterocycles. The van der Waals surface area contributed by atoms with Crippen LogP contribution in [0, 0.1) is 0 Å². The van der Waals surface area contributed by atoms with E-state index in [-0.39, 0.29) is 0 Å². The number of nitrogens with zero attached hydrogens (tertiary/aromatic N) is 3. The molecular weight excluding hydrogens is 390 g/mol. The molecular formula is C17H14BrN3O4. The number of aromatic nitrogens is 3. The molecule has 0 aliphatic heterocycles. The number of ether oxygens (including phenoxy) is 2. The Labute approximate surface area is 151 Å². The van der Waals surface area contributed by atoms with Crippen molar-refractivity contribution >= 4 is 38.8 Å². The number of carbonyl (C=O) groups excluding carboxylic acids is 2. The zero-order valence-electron chi connectivity index (χ0n) is 13.5. The van der Waals surface area contributed by atoms with E-state index >= 15 is 0 Å². The summed E-state index contributed by atoms with van der Waals surface area (Å²) in [6, 6.07) is 9.00. The van der Waals surface area contributed by atoms with Crippen LogP contribution in [0.25, 0.3) is 16.9 Å². The van der Waals surface area contributed by atoms with E-state index < -0.39 is 17.9 Å². The summed E-state index contributed by atoms with van der Waals surface area (Å²) in [4.78, 5) is 33.0. The maximum absolute atomic E-state index is 12.3. The van der Waals surface area contributed by atoms with Gasteiger partial charge >= 0.3 is 11.9 Å². The van der Waals surface area contributed by atoms with Crippen LogP contribution in [0.3, 0.4) is 0 Å². The van der Waals surface area contributed by atoms with Crippen molar-refractivity contribution in [2.24, 2.45) is 0 Å². The summed E-state index contributed by atoms with van der Waals surface area (Å²) in [5.41, 5.74) is 1.13. The molecule has 8 heteroatoms. The first-order valence-corrected chi connectivity index (χ1v) is 8.10. The quantitative estimate of drug-likeness (QED) is 0.491. The zero-order chi connectivity index (χ0) is 18.0. The molecule has 0 saturated carbocycles. The molecule has 128 valence electrons. The molecule has 0 atom stereocenters. The normalized spacial score (nSPS) is 10.9. The number of halogens is 1. The molecule has 2 heterocycles. The van der Waals surface area contributed by atoms with Crippen LogP contribution in [0.15, 0.2) is 47.2 Å². The molecule has 0 fully saturated rings. The van der Waals surface area contributed by atoms with Gasteiger partial charge in [0.25, 0.3) is 0 Å². The third-order valence-electron chi connectivity index (χ3n) is 3.71. The Balaban J connectivity index is 2.33. The van der Waals surface area contributed by atoms with Crippen LogP contribution in [-0.2, 0) is 19.1 Å². The lowest BCUT2D eigenvalue weighted by Gasteiger charge is -2.15. The summed E-state index contributed by atoms with van der Waals surface area (Å²) >= 11 is 3.42. The lowest BCUT2D eigenvalue weighted by atomic mass is 10.1. The van der Waals surface area contributed by atoms with Crippen LogP contribution < -0.4 is 0 Å². The number of hydrogen-bond acceptors (Lipinski definition) is 6. The molecule has 1 aromatic carbocycles. The van der Waals surface area contributed by atoms with Gasteiger partial charge in [-0.15, -0.1) is 0 Å². The predicted molar refractivity (Wildman–Crippen MR) is 93.3 cm³/mol. The summed E-state index contributed by atoms with van der Waals surface area (Å²) in [5.74, 6) is -2.34. The van der Waals surface area contributed by atoms with Crippen molar-refractivity contribution in [2.75, 3.05) is 14.2 Å². The fraction of sp³-hybridized carbons (Fsp3) is 0.176. The highest BCUT2D eigenvalue weighted by atomic mass is 79.9. The van der Waals surface area contributed by atoms with Gasteiger partial charge in [-0.25, -0.2) is 9.97 Å². The van der Waals surface area contributed by atoms with Crippen molar-refractivity contribution in [3.05, 3.63) is 52.9 Å². The summed E-state index contributed by atoms with van der Waals surface area (Å²) in [5, 5.41) is 0.814. The van der Waals surface area contributed by atoms with Gasteiger partial charge in [0.1, 0.15) is 0 Å². The Morgan fingerprint density at radius 3 is 2.32 bits per heavy atom. The minimum Gasteiger partial charge on any atom is -0.468 e. The Bertz CT molecular complexity index is 924. The average molecular weight is 404 g/mol. The van der Waals surface area contributed by atoms with Crippen molar-refractivity contribution in [3.8, 4) is 5.95 Å². The molecule has 0 saturated heterocycles. The Morgan fingerprint density at radius 1 is 1.08 bits per heavy atom. The van der Waals surface area contributed by atoms with Gasteiger partial charge in [-0.2, -0.15) is 0 Å². The maximum Gasteiger partial charge on any atom is 0.326 e. The minimum absolute atomic E-state index is 0.340. The molecule has 25 heavy (non-hydrogen) atoms. The molecule has 0 amide bonds. The van der Waals surface area contributed by atoms with Gasteiger partial charge in [0.2, 0.25) is 5.95 Å². The summed E-state index contributed by atoms with van der Waals surface area (Å²) in [6.07, 6.45) is 3.17. The second-order valence-corrected chi connectivity index (χ2v) is 6.05. The lowest BCUT2D eigenvalue weighted by molar-refractivity contribution is -0.154. The number of methoxy groups -OCH3 is 2. The number of benzene rings is 1. The third kappa shape index (κ3) is 3.12. The van der Waals surface area contributed by atoms with E-state index in [1.807, 2.05) is 18.2 Å². The number of rotatable bonds is 4. The summed E-state index contributed by atoms with van der Waals surface area (Å²) in [7, 11) is 2.45. The highest BCUT2D eigenvalue weighted by Gasteiger charge is 2.35. The minimum atomic E-state index is -1.25. The van der Waals surface area contributed by atoms with Crippen LogP contribution >= 0.6 is 15.9 Å². The predicted octanol–water partition coefficient (Wildman–Crippen LogP) is 2.61. The third-order valence-corrected chi connectivity index (χ3v) is 4.21. The molecule has 3 aromatic rings. The van der Waals surface area contributed by atoms with Gasteiger partial charge in [0.05, 0.1) is 25.4 Å². The molecule has 0 radical (unpaired) electrons. The first kappa shape index (κ1) is 17.1. The van der Waals surface area contributed by atoms with Crippen molar-refractivity contribution < 1.29 is 19.1 Å². The molecule has 3 rings (SSSR count). The van der Waals surface area contributed by atoms with Crippen LogP contribution in [-0.4, -0.2) is 40.7 Å². The SMILES string of the molecule is COC(=O)C(C(=O)OC)c1cc2cc(Br)ccc2n1-c1ncccn1. The molecule has 0 spiro atoms. The molecule has 0 N–H and O–H groups in total. The first-order valence-electron chi connectivity index (χ1n) is 7.30. The average Bonchev–Trinajstić information content (AvgIpc) is 2.99. The largest absolute Gasteiger partial charge is 0.468 e. The summed E-state index contributed by atoms with van der Waals surface area (Å²) < 4.78 is 12.1. The lowest BCUT2D eigenvalue weighted by Crippen LogP contribution is -2.26. The van der Waals surface area contributed by atoms with Crippen molar-refractivity contribution in [3.63, 3.8) is 0 Å². The van der Waals surface area contributed by atoms with Crippen LogP contribution in [0.1, 0.15) is 11.6 Å². The topological polar surface area (TPSA) is 83.3 Å². The number of esters is 2. The van der Waals surface area contributed by atoms with Crippen molar-refractivity contribution in [2.45, 2.75) is 5.92 Å². The molecule has 7 nitrogen and oxygen atoms in total. The van der Waals surface area contributed by atoms with E-state index in [0.29, 0.717) is 11.6 Å². The van der Waals surface area contributed by atoms with Gasteiger partial charge in [-0.05, 0) is 30.3 Å². The molecule has 0 unspecified atom stereocenters. The van der Waals surface area contributed by atoms with Gasteiger partial charge in [0, 0.05) is 22.3 Å². The first-order chi connectivity index (χ1) is 12.1. The van der Waals surface area contributed by atoms with Crippen LogP contribution in [0.4, 0.5) is 0 Å². The smallest absolute Gasteiger partial charge is 0.326 e. The second-order valence-electron chi connectivity index (χ2n) is 5.14. The van der Waals surface area contributed by atoms with E-state index in [1.54, 1.807) is 29.1 Å². The Kier molecular flexibility index (Phi) is 4.80. The van der Waals surface area contributed by atoms with E-state index in [2.05, 4.69) is 25.9 Å². The summed E-state index contributed by atoms with van der Waals surface area (Å²) in [6.45, 7) is 0. The van der Waals surface area contributed by atoms with E-state index in [9.17, 15) is 9.59 Å². The van der Waals surface area contributed by atoms with E-state index in [0.717, 1.165) is 15.4 Å². The van der Waals surface area contributed by atoms with Gasteiger partial charge in [-0.3, -0.25) is 14.2 Å². The van der Waals surface area contributed by atoms with E-state index in [4.69, 9.17) is 9.47 Å². The van der Waals surface area contributed by atoms with Gasteiger partial charge in [-0.1, -0.05) is 15.9 Å². The van der Waals surface area contributed by atoms with Crippen LogP contribution in [0.5, 0.6) is 0 Å². The maximum atomic E-state index is 12.3. The monoisotopic (exact) mass is 403 g/mol. The van der Waals surface area contributed by atoms with Gasteiger partial charge < -0.3 is 9.47 Å². The second kappa shape index (κ2) is 7.02. The van der Waals surface area contributed by atoms with Crippen LogP contribution in [0.2, 0.25) is 0 Å². The fourth-order valence-electron chi connectivity index (χ4n) is 2.62. The van der Waals surface area contributed by atoms with Crippen molar-refractivity contribution in [1.82, 2.24) is 14.5 Å². The van der Waals surface area contributed by atoms with Gasteiger partial charge in [0.15, 0.2) is 5.92 Å². The standard InChI is InChI=1S/C17H14BrN3O4/c1-24-15(22)14(16(23)25-2)13-9-10-8-11(18)4-5-12(10)21(13)17-19-6-3-7-20-17/h3-9,14H,1-2H3. The Hall–Kier alpha value is -2.74. The highest BCUT2D eigenvalue weighted by Crippen LogP contribution is 2.31. The number of fused-ring (bicyclic) bond motifs is 1. The fourth-order valence-corrected chi connectivity index (χ4v) is 3.00. The van der Waals surface area contributed by atoms with Crippen molar-refractivity contribution in [1.29, 1.82) is 0 Å². The zero-order valence-corrected chi connectivity index (χ0v) is 15.1. The van der Waals surface area contributed by atoms with E-state index in [1.165, 1.54) is 14.2 Å². The molecule has 0 bridgehead atoms. The Morgan fingerprint density at radius 2 is 1.72 bits per heavy atom. The number of carbonyl (C=O) groups is 2. The molecule has 0 aliphatic carbocycles. The highest BCUT2D eigenvalue weighted by molar-refractivity contribution is 9.10. The number of hydrogen-bond donors (Lipinski definition) is 0. The molecule has 0 aliphatic rings.